The van der Waals surface area contributed by atoms with Crippen LogP contribution in [0.3, 0.4) is 0 Å². The normalized spacial score (nSPS) is 15.4. The third-order valence-corrected chi connectivity index (χ3v) is 2.81. The van der Waals surface area contributed by atoms with Crippen molar-refractivity contribution in [2.75, 3.05) is 0 Å². The van der Waals surface area contributed by atoms with Crippen LogP contribution in [0, 0.1) is 6.92 Å². The van der Waals surface area contributed by atoms with Crippen LogP contribution < -0.4 is 10.7 Å². The Morgan fingerprint density at radius 2 is 1.80 bits per heavy atom. The van der Waals surface area contributed by atoms with Gasteiger partial charge in [0.1, 0.15) is 11.5 Å². The lowest BCUT2D eigenvalue weighted by Crippen LogP contribution is -2.30. The lowest BCUT2D eigenvalue weighted by atomic mass is 10.2. The maximum Gasteiger partial charge on any atom is 0.296 e. The molecule has 0 fully saturated rings. The number of hydrogen-bond acceptors (Lipinski definition) is 4. The fourth-order valence-electron chi connectivity index (χ4n) is 1.85. The number of nitrogens with zero attached hydrogens (tertiary/aromatic N) is 2. The van der Waals surface area contributed by atoms with E-state index in [-0.39, 0.29) is 11.5 Å². The van der Waals surface area contributed by atoms with Gasteiger partial charge < -0.3 is 4.42 Å². The van der Waals surface area contributed by atoms with Crippen LogP contribution in [0.25, 0.3) is 0 Å². The van der Waals surface area contributed by atoms with Gasteiger partial charge in [-0.15, -0.1) is 0 Å². The molecule has 0 unspecified atom stereocenters. The van der Waals surface area contributed by atoms with Gasteiger partial charge in [0.05, 0.1) is 10.7 Å². The summed E-state index contributed by atoms with van der Waals surface area (Å²) in [4.78, 5) is 31.8. The number of hydrogen-bond donors (Lipinski definition) is 0. The fraction of sp³-hybridized carbons (Fsp3) is 0.0667. The van der Waals surface area contributed by atoms with Crippen LogP contribution >= 0.6 is 0 Å². The van der Waals surface area contributed by atoms with Crippen molar-refractivity contribution in [1.82, 2.24) is 0 Å². The Labute approximate surface area is 114 Å². The second-order valence-corrected chi connectivity index (χ2v) is 4.32. The highest BCUT2D eigenvalue weighted by molar-refractivity contribution is 6.08. The second kappa shape index (κ2) is 4.70. The van der Waals surface area contributed by atoms with Gasteiger partial charge in [-0.1, -0.05) is 12.1 Å². The molecule has 1 aliphatic heterocycles. The van der Waals surface area contributed by atoms with Crippen molar-refractivity contribution in [1.29, 1.82) is 0 Å². The SMILES string of the molecule is Cc1ccc(C(=O)/C=C2\N=c3ccccc3=NC2=O)o1. The number of allylic oxidation sites excluding steroid dienone is 1. The summed E-state index contributed by atoms with van der Waals surface area (Å²) in [6, 6.07) is 10.3. The predicted octanol–water partition coefficient (Wildman–Crippen LogP) is 1.13. The molecule has 3 rings (SSSR count). The van der Waals surface area contributed by atoms with Gasteiger partial charge >= 0.3 is 0 Å². The molecule has 0 saturated heterocycles. The van der Waals surface area contributed by atoms with E-state index in [1.54, 1.807) is 43.3 Å². The van der Waals surface area contributed by atoms with E-state index in [2.05, 4.69) is 9.98 Å². The quantitative estimate of drug-likeness (QED) is 0.604. The number of benzene rings is 1. The van der Waals surface area contributed by atoms with Crippen molar-refractivity contribution in [2.24, 2.45) is 9.98 Å². The van der Waals surface area contributed by atoms with Crippen molar-refractivity contribution in [3.8, 4) is 0 Å². The van der Waals surface area contributed by atoms with E-state index in [9.17, 15) is 9.59 Å². The number of para-hydroxylation sites is 2. The molecule has 0 spiro atoms. The van der Waals surface area contributed by atoms with Crippen LogP contribution in [0.2, 0.25) is 0 Å². The molecule has 0 radical (unpaired) electrons. The summed E-state index contributed by atoms with van der Waals surface area (Å²) in [5.74, 6) is -0.120. The number of rotatable bonds is 2. The lowest BCUT2D eigenvalue weighted by molar-refractivity contribution is -0.114. The average Bonchev–Trinajstić information content (AvgIpc) is 2.86. The number of aryl methyl sites for hydroxylation is 1. The first-order valence-corrected chi connectivity index (χ1v) is 6.03. The molecular weight excluding hydrogens is 256 g/mol. The summed E-state index contributed by atoms with van der Waals surface area (Å²) < 4.78 is 5.21. The molecule has 2 heterocycles. The lowest BCUT2D eigenvalue weighted by Gasteiger charge is -2.01. The molecule has 5 heteroatoms. The topological polar surface area (TPSA) is 72.0 Å². The first-order chi connectivity index (χ1) is 9.63. The van der Waals surface area contributed by atoms with Gasteiger partial charge in [0.25, 0.3) is 5.91 Å². The van der Waals surface area contributed by atoms with Crippen molar-refractivity contribution in [2.45, 2.75) is 6.92 Å². The van der Waals surface area contributed by atoms with Gasteiger partial charge in [-0.2, -0.15) is 0 Å². The molecular formula is C15H10N2O3. The zero-order valence-corrected chi connectivity index (χ0v) is 10.7. The first kappa shape index (κ1) is 12.2. The summed E-state index contributed by atoms with van der Waals surface area (Å²) in [6.07, 6.45) is 1.15. The van der Waals surface area contributed by atoms with Crippen LogP contribution in [0.15, 0.2) is 62.6 Å². The minimum atomic E-state index is -0.527. The Balaban J connectivity index is 2.03. The van der Waals surface area contributed by atoms with E-state index in [1.165, 1.54) is 0 Å². The second-order valence-electron chi connectivity index (χ2n) is 4.32. The van der Waals surface area contributed by atoms with Gasteiger partial charge in [0.15, 0.2) is 5.76 Å². The van der Waals surface area contributed by atoms with Gasteiger partial charge in [-0.3, -0.25) is 9.59 Å². The molecule has 98 valence electrons. The third-order valence-electron chi connectivity index (χ3n) is 2.81. The molecule has 0 aliphatic carbocycles. The average molecular weight is 266 g/mol. The van der Waals surface area contributed by atoms with E-state index in [4.69, 9.17) is 4.42 Å². The molecule has 0 saturated carbocycles. The highest BCUT2D eigenvalue weighted by atomic mass is 16.3. The van der Waals surface area contributed by atoms with E-state index in [0.717, 1.165) is 6.08 Å². The monoisotopic (exact) mass is 266 g/mol. The molecule has 1 amide bonds. The van der Waals surface area contributed by atoms with Crippen LogP contribution in [-0.2, 0) is 4.79 Å². The Bertz CT molecular complexity index is 859. The number of ketones is 1. The number of fused-ring (bicyclic) bond motifs is 1. The largest absolute Gasteiger partial charge is 0.458 e. The zero-order valence-electron chi connectivity index (χ0n) is 10.7. The Hall–Kier alpha value is -2.82. The van der Waals surface area contributed by atoms with Crippen molar-refractivity contribution in [3.63, 3.8) is 0 Å². The van der Waals surface area contributed by atoms with Gasteiger partial charge in [-0.05, 0) is 31.2 Å². The maximum absolute atomic E-state index is 12.0. The summed E-state index contributed by atoms with van der Waals surface area (Å²) in [5, 5.41) is 1.08. The van der Waals surface area contributed by atoms with Crippen molar-refractivity contribution >= 4 is 11.7 Å². The number of carbonyl (C=O) groups excluding carboxylic acids is 2. The zero-order chi connectivity index (χ0) is 14.1. The maximum atomic E-state index is 12.0. The molecule has 5 nitrogen and oxygen atoms in total. The van der Waals surface area contributed by atoms with Crippen molar-refractivity contribution in [3.05, 3.63) is 70.4 Å². The highest BCUT2D eigenvalue weighted by Gasteiger charge is 2.15. The molecule has 0 N–H and O–H groups in total. The van der Waals surface area contributed by atoms with Crippen LogP contribution in [0.1, 0.15) is 16.3 Å². The molecule has 2 aromatic rings. The fourth-order valence-corrected chi connectivity index (χ4v) is 1.85. The van der Waals surface area contributed by atoms with Crippen molar-refractivity contribution < 1.29 is 14.0 Å². The highest BCUT2D eigenvalue weighted by Crippen LogP contribution is 2.10. The smallest absolute Gasteiger partial charge is 0.296 e. The van der Waals surface area contributed by atoms with Gasteiger partial charge in [-0.25, -0.2) is 9.98 Å². The van der Waals surface area contributed by atoms with Crippen LogP contribution in [0.4, 0.5) is 0 Å². The van der Waals surface area contributed by atoms with Gasteiger partial charge in [0, 0.05) is 6.08 Å². The molecule has 20 heavy (non-hydrogen) atoms. The first-order valence-electron chi connectivity index (χ1n) is 6.03. The molecule has 1 aromatic heterocycles. The molecule has 0 atom stereocenters. The summed E-state index contributed by atoms with van der Waals surface area (Å²) in [5.41, 5.74) is 0.0164. The summed E-state index contributed by atoms with van der Waals surface area (Å²) in [7, 11) is 0. The molecule has 1 aromatic carbocycles. The Kier molecular flexibility index (Phi) is 2.87. The number of furan rings is 1. The van der Waals surface area contributed by atoms with E-state index in [0.29, 0.717) is 16.5 Å². The minimum Gasteiger partial charge on any atom is -0.458 e. The summed E-state index contributed by atoms with van der Waals surface area (Å²) >= 11 is 0. The molecule has 1 aliphatic rings. The van der Waals surface area contributed by atoms with Crippen LogP contribution in [0.5, 0.6) is 0 Å². The van der Waals surface area contributed by atoms with Gasteiger partial charge in [0.2, 0.25) is 5.78 Å². The van der Waals surface area contributed by atoms with E-state index < -0.39 is 11.7 Å². The minimum absolute atomic E-state index is 0.0164. The molecule has 0 bridgehead atoms. The number of carbonyl (C=O) groups is 2. The predicted molar refractivity (Wildman–Crippen MR) is 69.6 cm³/mol. The Morgan fingerprint density at radius 1 is 1.10 bits per heavy atom. The number of amides is 1. The standard InChI is InChI=1S/C15H10N2O3/c1-9-6-7-14(20-9)13(18)8-12-15(19)17-11-5-3-2-4-10(11)16-12/h2-8H,1H3/b12-8-. The van der Waals surface area contributed by atoms with E-state index in [1.807, 2.05) is 0 Å². The summed E-state index contributed by atoms with van der Waals surface area (Å²) in [6.45, 7) is 1.74. The third kappa shape index (κ3) is 2.21. The van der Waals surface area contributed by atoms with Crippen LogP contribution in [-0.4, -0.2) is 11.7 Å². The van der Waals surface area contributed by atoms with E-state index >= 15 is 0 Å². The Morgan fingerprint density at radius 3 is 2.45 bits per heavy atom.